The summed E-state index contributed by atoms with van der Waals surface area (Å²) in [7, 11) is 1.48. The third-order valence-electron chi connectivity index (χ3n) is 3.09. The molecule has 0 fully saturated rings. The van der Waals surface area contributed by atoms with Gasteiger partial charge in [-0.1, -0.05) is 5.21 Å². The van der Waals surface area contributed by atoms with Crippen LogP contribution in [0, 0.1) is 0 Å². The molecule has 0 radical (unpaired) electrons. The molecule has 0 bridgehead atoms. The molecule has 0 aliphatic heterocycles. The van der Waals surface area contributed by atoms with Crippen LogP contribution in [-0.4, -0.2) is 45.6 Å². The van der Waals surface area contributed by atoms with Gasteiger partial charge in [0, 0.05) is 12.6 Å². The summed E-state index contributed by atoms with van der Waals surface area (Å²) >= 11 is 0. The number of nitrogens with zero attached hydrogens (tertiary/aromatic N) is 3. The second kappa shape index (κ2) is 6.77. The number of ether oxygens (including phenoxy) is 1. The highest BCUT2D eigenvalue weighted by molar-refractivity contribution is 5.93. The van der Waals surface area contributed by atoms with Crippen molar-refractivity contribution in [1.29, 1.82) is 0 Å². The zero-order chi connectivity index (χ0) is 17.0. The van der Waals surface area contributed by atoms with E-state index in [1.54, 1.807) is 18.2 Å². The lowest BCUT2D eigenvalue weighted by Gasteiger charge is -2.10. The summed E-state index contributed by atoms with van der Waals surface area (Å²) in [5, 5.41) is 19.1. The fraction of sp³-hybridized carbons (Fsp3) is 0.286. The first kappa shape index (κ1) is 16.3. The Morgan fingerprint density at radius 2 is 2.17 bits per heavy atom. The number of benzene rings is 1. The van der Waals surface area contributed by atoms with E-state index in [1.807, 2.05) is 6.92 Å². The van der Waals surface area contributed by atoms with Gasteiger partial charge >= 0.3 is 5.97 Å². The van der Waals surface area contributed by atoms with Crippen LogP contribution < -0.4 is 15.8 Å². The Morgan fingerprint density at radius 1 is 1.43 bits per heavy atom. The van der Waals surface area contributed by atoms with Crippen LogP contribution >= 0.6 is 0 Å². The zero-order valence-electron chi connectivity index (χ0n) is 12.7. The Balaban J connectivity index is 2.51. The molecule has 4 N–H and O–H groups in total. The zero-order valence-corrected chi connectivity index (χ0v) is 12.7. The number of carboxylic acid groups (broad SMARTS) is 1. The highest BCUT2D eigenvalue weighted by atomic mass is 16.5. The van der Waals surface area contributed by atoms with Crippen LogP contribution in [0.25, 0.3) is 11.3 Å². The third-order valence-corrected chi connectivity index (χ3v) is 3.09. The summed E-state index contributed by atoms with van der Waals surface area (Å²) in [6.45, 7) is 2.14. The summed E-state index contributed by atoms with van der Waals surface area (Å²) in [6, 6.07) is 4.85. The molecule has 1 aromatic carbocycles. The van der Waals surface area contributed by atoms with Gasteiger partial charge in [0.05, 0.1) is 12.3 Å². The summed E-state index contributed by atoms with van der Waals surface area (Å²) in [5.41, 5.74) is 6.71. The predicted molar refractivity (Wildman–Crippen MR) is 82.1 cm³/mol. The van der Waals surface area contributed by atoms with Crippen molar-refractivity contribution >= 4 is 17.6 Å². The number of hydrogen-bond acceptors (Lipinski definition) is 6. The van der Waals surface area contributed by atoms with Gasteiger partial charge in [0.25, 0.3) is 0 Å². The minimum atomic E-state index is -1.24. The maximum absolute atomic E-state index is 11.6. The molecule has 122 valence electrons. The van der Waals surface area contributed by atoms with E-state index < -0.39 is 5.97 Å². The van der Waals surface area contributed by atoms with E-state index in [-0.39, 0.29) is 23.8 Å². The number of nitrogens with one attached hydrogen (secondary N) is 1. The summed E-state index contributed by atoms with van der Waals surface area (Å²) in [6.07, 6.45) is 0. The van der Waals surface area contributed by atoms with E-state index in [4.69, 9.17) is 10.5 Å². The number of nitrogens with two attached hydrogens (primary N) is 1. The Morgan fingerprint density at radius 3 is 2.74 bits per heavy atom. The van der Waals surface area contributed by atoms with Crippen molar-refractivity contribution in [3.63, 3.8) is 0 Å². The van der Waals surface area contributed by atoms with Crippen LogP contribution in [0.3, 0.4) is 0 Å². The molecular weight excluding hydrogens is 302 g/mol. The van der Waals surface area contributed by atoms with Crippen molar-refractivity contribution in [2.45, 2.75) is 13.5 Å². The van der Waals surface area contributed by atoms with Gasteiger partial charge in [-0.2, -0.15) is 0 Å². The Bertz CT molecular complexity index is 741. The van der Waals surface area contributed by atoms with Crippen LogP contribution in [0.2, 0.25) is 0 Å². The summed E-state index contributed by atoms with van der Waals surface area (Å²) < 4.78 is 6.58. The molecule has 0 saturated heterocycles. The lowest BCUT2D eigenvalue weighted by Crippen LogP contribution is -2.24. The molecule has 2 rings (SSSR count). The Hall–Kier alpha value is -3.10. The average Bonchev–Trinajstić information content (AvgIpc) is 2.93. The number of hydrogen-bond donors (Lipinski definition) is 3. The number of carbonyl (C=O) groups excluding carboxylic acids is 1. The average molecular weight is 319 g/mol. The molecule has 1 amide bonds. The number of nitrogen functional groups attached to an aromatic ring is 1. The molecule has 0 aliphatic carbocycles. The number of likely N-dealkylation sites (N-methyl/N-ethyl adjacent to an activating group) is 1. The lowest BCUT2D eigenvalue weighted by atomic mass is 10.1. The van der Waals surface area contributed by atoms with E-state index in [0.717, 1.165) is 0 Å². The van der Waals surface area contributed by atoms with Gasteiger partial charge in [-0.05, 0) is 25.1 Å². The number of amides is 1. The second-order valence-electron chi connectivity index (χ2n) is 4.61. The maximum atomic E-state index is 11.6. The van der Waals surface area contributed by atoms with Gasteiger partial charge in [-0.3, -0.25) is 4.79 Å². The first-order valence-corrected chi connectivity index (χ1v) is 6.88. The van der Waals surface area contributed by atoms with Gasteiger partial charge in [-0.15, -0.1) is 5.10 Å². The fourth-order valence-electron chi connectivity index (χ4n) is 2.05. The van der Waals surface area contributed by atoms with Gasteiger partial charge in [0.15, 0.2) is 5.69 Å². The number of carboxylic acids is 1. The number of aromatic carboxylic acids is 1. The highest BCUT2D eigenvalue weighted by Crippen LogP contribution is 2.30. The van der Waals surface area contributed by atoms with Gasteiger partial charge < -0.3 is 20.9 Å². The van der Waals surface area contributed by atoms with Crippen LogP contribution in [0.4, 0.5) is 5.69 Å². The van der Waals surface area contributed by atoms with E-state index in [0.29, 0.717) is 23.6 Å². The molecule has 1 aromatic heterocycles. The largest absolute Gasteiger partial charge is 0.492 e. The van der Waals surface area contributed by atoms with Gasteiger partial charge in [0.1, 0.15) is 18.0 Å². The minimum absolute atomic E-state index is 0.154. The van der Waals surface area contributed by atoms with Crippen LogP contribution in [0.1, 0.15) is 17.4 Å². The van der Waals surface area contributed by atoms with E-state index in [2.05, 4.69) is 15.6 Å². The minimum Gasteiger partial charge on any atom is -0.492 e. The van der Waals surface area contributed by atoms with Crippen molar-refractivity contribution < 1.29 is 19.4 Å². The smallest absolute Gasteiger partial charge is 0.358 e. The standard InChI is InChI=1S/C14H17N5O4/c1-3-23-10-5-4-8(6-9(10)15)13-12(14(21)22)17-18-19(13)7-11(20)16-2/h4-6H,3,7,15H2,1-2H3,(H,16,20)(H,21,22). The maximum Gasteiger partial charge on any atom is 0.358 e. The number of aromatic nitrogens is 3. The second-order valence-corrected chi connectivity index (χ2v) is 4.61. The number of anilines is 1. The molecule has 0 aliphatic rings. The quantitative estimate of drug-likeness (QED) is 0.655. The molecule has 0 atom stereocenters. The lowest BCUT2D eigenvalue weighted by molar-refractivity contribution is -0.121. The van der Waals surface area contributed by atoms with Crippen molar-refractivity contribution in [2.75, 3.05) is 19.4 Å². The van der Waals surface area contributed by atoms with Crippen LogP contribution in [-0.2, 0) is 11.3 Å². The van der Waals surface area contributed by atoms with E-state index in [9.17, 15) is 14.7 Å². The first-order chi connectivity index (χ1) is 11.0. The highest BCUT2D eigenvalue weighted by Gasteiger charge is 2.22. The van der Waals surface area contributed by atoms with Gasteiger partial charge in [-0.25, -0.2) is 9.48 Å². The van der Waals surface area contributed by atoms with Crippen LogP contribution in [0.15, 0.2) is 18.2 Å². The predicted octanol–water partition coefficient (Wildman–Crippen LogP) is 0.370. The van der Waals surface area contributed by atoms with Crippen molar-refractivity contribution in [2.24, 2.45) is 0 Å². The SMILES string of the molecule is CCOc1ccc(-c2c(C(=O)O)nnn2CC(=O)NC)cc1N. The van der Waals surface area contributed by atoms with Gasteiger partial charge in [0.2, 0.25) is 5.91 Å². The third kappa shape index (κ3) is 3.39. The topological polar surface area (TPSA) is 132 Å². The fourth-order valence-corrected chi connectivity index (χ4v) is 2.05. The Kier molecular flexibility index (Phi) is 4.79. The number of rotatable bonds is 6. The molecule has 1 heterocycles. The molecule has 9 nitrogen and oxygen atoms in total. The molecule has 0 unspecified atom stereocenters. The normalized spacial score (nSPS) is 10.3. The van der Waals surface area contributed by atoms with Crippen LogP contribution in [0.5, 0.6) is 5.75 Å². The molecule has 0 spiro atoms. The molecule has 9 heteroatoms. The van der Waals surface area contributed by atoms with Crippen molar-refractivity contribution in [3.8, 4) is 17.0 Å². The van der Waals surface area contributed by atoms with E-state index in [1.165, 1.54) is 11.7 Å². The molecule has 2 aromatic rings. The molecular formula is C14H17N5O4. The Labute approximate surface area is 132 Å². The first-order valence-electron chi connectivity index (χ1n) is 6.88. The summed E-state index contributed by atoms with van der Waals surface area (Å²) in [5.74, 6) is -1.07. The molecule has 0 saturated carbocycles. The van der Waals surface area contributed by atoms with Crippen molar-refractivity contribution in [1.82, 2.24) is 20.3 Å². The molecule has 23 heavy (non-hydrogen) atoms. The summed E-state index contributed by atoms with van der Waals surface area (Å²) in [4.78, 5) is 22.9. The monoisotopic (exact) mass is 319 g/mol. The van der Waals surface area contributed by atoms with E-state index >= 15 is 0 Å². The number of carbonyl (C=O) groups is 2. The van der Waals surface area contributed by atoms with Crippen molar-refractivity contribution in [3.05, 3.63) is 23.9 Å².